The van der Waals surface area contributed by atoms with E-state index in [1.165, 1.54) is 4.90 Å². The zero-order valence-electron chi connectivity index (χ0n) is 10.4. The second kappa shape index (κ2) is 4.56. The number of fused-ring (bicyclic) bond motifs is 2. The Hall–Kier alpha value is -2.06. The molecule has 0 spiro atoms. The SMILES string of the molecule is N#CC1C2CC(CN2C(=O)O)N1Cc1ccccc1. The summed E-state index contributed by atoms with van der Waals surface area (Å²) in [6.07, 6.45) is -0.135. The topological polar surface area (TPSA) is 67.6 Å². The Morgan fingerprint density at radius 1 is 1.42 bits per heavy atom. The number of likely N-dealkylation sites (tertiary alicyclic amines) is 2. The zero-order chi connectivity index (χ0) is 13.4. The lowest BCUT2D eigenvalue weighted by molar-refractivity contribution is 0.0805. The number of carboxylic acid groups (broad SMARTS) is 1. The molecule has 0 aromatic heterocycles. The van der Waals surface area contributed by atoms with Gasteiger partial charge in [-0.25, -0.2) is 4.79 Å². The van der Waals surface area contributed by atoms with Gasteiger partial charge in [0.2, 0.25) is 0 Å². The van der Waals surface area contributed by atoms with Crippen molar-refractivity contribution in [3.63, 3.8) is 0 Å². The standard InChI is InChI=1S/C14H15N3O2/c15-7-13-12-6-11(9-17(12)14(18)19)16(13)8-10-4-2-1-3-5-10/h1-5,11-13H,6,8-9H2,(H,18,19). The molecule has 98 valence electrons. The van der Waals surface area contributed by atoms with Crippen LogP contribution in [0, 0.1) is 11.3 Å². The van der Waals surface area contributed by atoms with Crippen LogP contribution >= 0.6 is 0 Å². The number of nitriles is 1. The molecule has 2 heterocycles. The molecule has 2 aliphatic heterocycles. The van der Waals surface area contributed by atoms with Crippen molar-refractivity contribution in [3.05, 3.63) is 35.9 Å². The van der Waals surface area contributed by atoms with Gasteiger partial charge in [-0.05, 0) is 12.0 Å². The first-order valence-electron chi connectivity index (χ1n) is 6.39. The van der Waals surface area contributed by atoms with Gasteiger partial charge in [-0.3, -0.25) is 4.90 Å². The number of hydrogen-bond acceptors (Lipinski definition) is 3. The minimum atomic E-state index is -0.910. The molecule has 2 bridgehead atoms. The predicted molar refractivity (Wildman–Crippen MR) is 68.3 cm³/mol. The Balaban J connectivity index is 1.78. The van der Waals surface area contributed by atoms with Crippen molar-refractivity contribution in [3.8, 4) is 6.07 Å². The summed E-state index contributed by atoms with van der Waals surface area (Å²) in [5.41, 5.74) is 1.16. The Kier molecular flexibility index (Phi) is 2.88. The van der Waals surface area contributed by atoms with Gasteiger partial charge in [0, 0.05) is 19.1 Å². The first-order valence-corrected chi connectivity index (χ1v) is 6.39. The van der Waals surface area contributed by atoms with Crippen LogP contribution in [0.1, 0.15) is 12.0 Å². The summed E-state index contributed by atoms with van der Waals surface area (Å²) in [6.45, 7) is 1.23. The minimum Gasteiger partial charge on any atom is -0.465 e. The molecule has 0 aliphatic carbocycles. The van der Waals surface area contributed by atoms with E-state index in [1.807, 2.05) is 30.3 Å². The highest BCUT2D eigenvalue weighted by Gasteiger charge is 2.52. The second-order valence-electron chi connectivity index (χ2n) is 5.12. The molecular formula is C14H15N3O2. The molecule has 3 unspecified atom stereocenters. The maximum absolute atomic E-state index is 11.1. The number of amides is 1. The third-order valence-electron chi connectivity index (χ3n) is 4.10. The molecule has 3 atom stereocenters. The fraction of sp³-hybridized carbons (Fsp3) is 0.429. The van der Waals surface area contributed by atoms with E-state index in [0.717, 1.165) is 12.0 Å². The fourth-order valence-corrected chi connectivity index (χ4v) is 3.23. The summed E-state index contributed by atoms with van der Waals surface area (Å²) in [4.78, 5) is 14.7. The quantitative estimate of drug-likeness (QED) is 0.872. The van der Waals surface area contributed by atoms with Gasteiger partial charge in [-0.15, -0.1) is 0 Å². The molecule has 5 heteroatoms. The van der Waals surface area contributed by atoms with Gasteiger partial charge in [-0.2, -0.15) is 5.26 Å². The molecular weight excluding hydrogens is 242 g/mol. The smallest absolute Gasteiger partial charge is 0.407 e. The van der Waals surface area contributed by atoms with E-state index < -0.39 is 6.09 Å². The van der Waals surface area contributed by atoms with Gasteiger partial charge in [0.1, 0.15) is 6.04 Å². The van der Waals surface area contributed by atoms with Crippen molar-refractivity contribution in [2.75, 3.05) is 6.54 Å². The zero-order valence-corrected chi connectivity index (χ0v) is 10.4. The van der Waals surface area contributed by atoms with Gasteiger partial charge in [0.15, 0.2) is 0 Å². The highest BCUT2D eigenvalue weighted by Crippen LogP contribution is 2.36. The summed E-state index contributed by atoms with van der Waals surface area (Å²) >= 11 is 0. The number of nitrogens with zero attached hydrogens (tertiary/aromatic N) is 3. The van der Waals surface area contributed by atoms with Crippen LogP contribution in [0.15, 0.2) is 30.3 Å². The Morgan fingerprint density at radius 2 is 2.16 bits per heavy atom. The number of benzene rings is 1. The van der Waals surface area contributed by atoms with Crippen LogP contribution in [0.3, 0.4) is 0 Å². The van der Waals surface area contributed by atoms with Gasteiger partial charge < -0.3 is 10.0 Å². The number of piperazine rings is 1. The first kappa shape index (κ1) is 12.0. The van der Waals surface area contributed by atoms with Gasteiger partial charge >= 0.3 is 6.09 Å². The molecule has 1 aromatic carbocycles. The summed E-state index contributed by atoms with van der Waals surface area (Å²) in [7, 11) is 0. The normalized spacial score (nSPS) is 29.4. The van der Waals surface area contributed by atoms with E-state index in [0.29, 0.717) is 13.1 Å². The van der Waals surface area contributed by atoms with Crippen molar-refractivity contribution in [1.29, 1.82) is 5.26 Å². The molecule has 2 saturated heterocycles. The van der Waals surface area contributed by atoms with Crippen LogP contribution in [-0.4, -0.2) is 45.7 Å². The van der Waals surface area contributed by atoms with Crippen LogP contribution in [-0.2, 0) is 6.54 Å². The molecule has 3 rings (SSSR count). The second-order valence-corrected chi connectivity index (χ2v) is 5.12. The molecule has 0 radical (unpaired) electrons. The summed E-state index contributed by atoms with van der Waals surface area (Å²) in [5.74, 6) is 0. The average molecular weight is 257 g/mol. The minimum absolute atomic E-state index is 0.170. The molecule has 0 saturated carbocycles. The van der Waals surface area contributed by atoms with Crippen LogP contribution in [0.25, 0.3) is 0 Å². The van der Waals surface area contributed by atoms with E-state index in [4.69, 9.17) is 5.11 Å². The highest BCUT2D eigenvalue weighted by atomic mass is 16.4. The largest absolute Gasteiger partial charge is 0.465 e. The summed E-state index contributed by atoms with van der Waals surface area (Å²) in [5, 5.41) is 18.4. The third-order valence-corrected chi connectivity index (χ3v) is 4.10. The highest BCUT2D eigenvalue weighted by molar-refractivity contribution is 5.66. The molecule has 1 N–H and O–H groups in total. The Bertz CT molecular complexity index is 525. The van der Waals surface area contributed by atoms with Crippen LogP contribution < -0.4 is 0 Å². The van der Waals surface area contributed by atoms with Crippen molar-refractivity contribution < 1.29 is 9.90 Å². The van der Waals surface area contributed by atoms with E-state index in [-0.39, 0.29) is 18.1 Å². The lowest BCUT2D eigenvalue weighted by Crippen LogP contribution is -2.53. The van der Waals surface area contributed by atoms with Crippen LogP contribution in [0.4, 0.5) is 4.79 Å². The first-order chi connectivity index (χ1) is 9.20. The van der Waals surface area contributed by atoms with E-state index in [1.54, 1.807) is 0 Å². The lowest BCUT2D eigenvalue weighted by Gasteiger charge is -2.36. The Morgan fingerprint density at radius 3 is 2.79 bits per heavy atom. The number of carbonyl (C=O) groups is 1. The molecule has 5 nitrogen and oxygen atoms in total. The number of hydrogen-bond donors (Lipinski definition) is 1. The van der Waals surface area contributed by atoms with Gasteiger partial charge in [-0.1, -0.05) is 30.3 Å². The van der Waals surface area contributed by atoms with Crippen molar-refractivity contribution >= 4 is 6.09 Å². The van der Waals surface area contributed by atoms with E-state index in [9.17, 15) is 10.1 Å². The monoisotopic (exact) mass is 257 g/mol. The number of rotatable bonds is 2. The van der Waals surface area contributed by atoms with Crippen molar-refractivity contribution in [2.45, 2.75) is 31.1 Å². The van der Waals surface area contributed by atoms with Gasteiger partial charge in [0.05, 0.1) is 12.1 Å². The van der Waals surface area contributed by atoms with Crippen LogP contribution in [0.2, 0.25) is 0 Å². The molecule has 2 aliphatic rings. The molecule has 19 heavy (non-hydrogen) atoms. The Labute approximate surface area is 111 Å². The lowest BCUT2D eigenvalue weighted by atomic mass is 10.1. The van der Waals surface area contributed by atoms with Crippen molar-refractivity contribution in [1.82, 2.24) is 9.80 Å². The molecule has 1 amide bonds. The van der Waals surface area contributed by atoms with Crippen LogP contribution in [0.5, 0.6) is 0 Å². The average Bonchev–Trinajstić information content (AvgIpc) is 2.98. The summed E-state index contributed by atoms with van der Waals surface area (Å²) < 4.78 is 0. The maximum Gasteiger partial charge on any atom is 0.407 e. The molecule has 1 aromatic rings. The fourth-order valence-electron chi connectivity index (χ4n) is 3.23. The van der Waals surface area contributed by atoms with E-state index in [2.05, 4.69) is 11.0 Å². The maximum atomic E-state index is 11.1. The summed E-state index contributed by atoms with van der Waals surface area (Å²) in [6, 6.07) is 12.0. The van der Waals surface area contributed by atoms with Crippen molar-refractivity contribution in [2.24, 2.45) is 0 Å². The predicted octanol–water partition coefficient (Wildman–Crippen LogP) is 1.52. The van der Waals surface area contributed by atoms with Gasteiger partial charge in [0.25, 0.3) is 0 Å². The van der Waals surface area contributed by atoms with E-state index >= 15 is 0 Å². The molecule has 2 fully saturated rings. The third kappa shape index (κ3) is 1.94.